The van der Waals surface area contributed by atoms with Gasteiger partial charge in [0.1, 0.15) is 11.6 Å². The fourth-order valence-electron chi connectivity index (χ4n) is 1.55. The molecule has 0 unspecified atom stereocenters. The Morgan fingerprint density at radius 3 is 2.72 bits per heavy atom. The highest BCUT2D eigenvalue weighted by Gasteiger charge is 2.06. The van der Waals surface area contributed by atoms with E-state index in [1.807, 2.05) is 6.92 Å². The Morgan fingerprint density at radius 1 is 1.28 bits per heavy atom. The molecule has 94 valence electrons. The number of anilines is 3. The van der Waals surface area contributed by atoms with Crippen LogP contribution in [-0.2, 0) is 0 Å². The van der Waals surface area contributed by atoms with E-state index in [0.29, 0.717) is 28.2 Å². The number of rotatable bonds is 3. The van der Waals surface area contributed by atoms with Crippen LogP contribution in [0.25, 0.3) is 0 Å². The summed E-state index contributed by atoms with van der Waals surface area (Å²) in [6.07, 6.45) is 0. The fourth-order valence-corrected chi connectivity index (χ4v) is 1.72. The van der Waals surface area contributed by atoms with Crippen molar-refractivity contribution in [2.45, 2.75) is 6.92 Å². The Kier molecular flexibility index (Phi) is 3.53. The third-order valence-electron chi connectivity index (χ3n) is 2.28. The Hall–Kier alpha value is -2.01. The number of nitrogens with one attached hydrogen (secondary N) is 1. The number of nitrogens with two attached hydrogens (primary N) is 1. The normalized spacial score (nSPS) is 10.2. The number of methoxy groups -OCH3 is 1. The van der Waals surface area contributed by atoms with Crippen molar-refractivity contribution >= 4 is 29.1 Å². The highest BCUT2D eigenvalue weighted by molar-refractivity contribution is 6.30. The molecule has 0 atom stereocenters. The number of benzene rings is 1. The average Bonchev–Trinajstić information content (AvgIpc) is 2.27. The van der Waals surface area contributed by atoms with Gasteiger partial charge < -0.3 is 15.8 Å². The molecule has 18 heavy (non-hydrogen) atoms. The first kappa shape index (κ1) is 12.4. The van der Waals surface area contributed by atoms with Gasteiger partial charge >= 0.3 is 0 Å². The van der Waals surface area contributed by atoms with Gasteiger partial charge in [-0.15, -0.1) is 0 Å². The third kappa shape index (κ3) is 2.81. The SMILES string of the molecule is COc1ccc(Cl)cc1Nc1nc(C)cc(N)n1. The maximum atomic E-state index is 5.94. The molecule has 0 spiro atoms. The van der Waals surface area contributed by atoms with E-state index in [1.54, 1.807) is 31.4 Å². The molecule has 2 rings (SSSR count). The predicted octanol–water partition coefficient (Wildman–Crippen LogP) is 2.77. The summed E-state index contributed by atoms with van der Waals surface area (Å²) >= 11 is 5.94. The molecule has 0 radical (unpaired) electrons. The van der Waals surface area contributed by atoms with Gasteiger partial charge in [-0.25, -0.2) is 4.98 Å². The fraction of sp³-hybridized carbons (Fsp3) is 0.167. The van der Waals surface area contributed by atoms with Crippen LogP contribution in [0.2, 0.25) is 5.02 Å². The zero-order valence-corrected chi connectivity index (χ0v) is 10.8. The van der Waals surface area contributed by atoms with Crippen molar-refractivity contribution in [2.24, 2.45) is 0 Å². The topological polar surface area (TPSA) is 73.1 Å². The predicted molar refractivity (Wildman–Crippen MR) is 72.5 cm³/mol. The summed E-state index contributed by atoms with van der Waals surface area (Å²) in [5, 5.41) is 3.63. The Morgan fingerprint density at radius 2 is 2.06 bits per heavy atom. The molecular weight excluding hydrogens is 252 g/mol. The molecule has 0 bridgehead atoms. The number of hydrogen-bond donors (Lipinski definition) is 2. The van der Waals surface area contributed by atoms with Gasteiger partial charge in [-0.05, 0) is 25.1 Å². The Bertz CT molecular complexity index is 554. The first-order valence-corrected chi connectivity index (χ1v) is 5.68. The molecule has 3 N–H and O–H groups in total. The summed E-state index contributed by atoms with van der Waals surface area (Å²) in [5.41, 5.74) is 7.14. The van der Waals surface area contributed by atoms with E-state index >= 15 is 0 Å². The van der Waals surface area contributed by atoms with Crippen molar-refractivity contribution < 1.29 is 4.74 Å². The second-order valence-electron chi connectivity index (χ2n) is 3.73. The maximum Gasteiger partial charge on any atom is 0.229 e. The molecule has 0 aliphatic rings. The van der Waals surface area contributed by atoms with Crippen molar-refractivity contribution in [3.63, 3.8) is 0 Å². The van der Waals surface area contributed by atoms with Crippen LogP contribution in [0.4, 0.5) is 17.5 Å². The van der Waals surface area contributed by atoms with Gasteiger partial charge in [-0.1, -0.05) is 11.6 Å². The van der Waals surface area contributed by atoms with Crippen LogP contribution in [0, 0.1) is 6.92 Å². The van der Waals surface area contributed by atoms with Crippen molar-refractivity contribution in [1.82, 2.24) is 9.97 Å². The van der Waals surface area contributed by atoms with Crippen LogP contribution in [0.5, 0.6) is 5.75 Å². The minimum absolute atomic E-state index is 0.408. The number of ether oxygens (including phenoxy) is 1. The average molecular weight is 265 g/mol. The van der Waals surface area contributed by atoms with Crippen molar-refractivity contribution in [2.75, 3.05) is 18.2 Å². The first-order valence-electron chi connectivity index (χ1n) is 5.30. The molecule has 1 heterocycles. The second kappa shape index (κ2) is 5.10. The Balaban J connectivity index is 2.35. The number of hydrogen-bond acceptors (Lipinski definition) is 5. The van der Waals surface area contributed by atoms with Crippen molar-refractivity contribution in [1.29, 1.82) is 0 Å². The molecule has 0 saturated heterocycles. The molecule has 1 aromatic carbocycles. The smallest absolute Gasteiger partial charge is 0.229 e. The lowest BCUT2D eigenvalue weighted by molar-refractivity contribution is 0.417. The van der Waals surface area contributed by atoms with Crippen LogP contribution >= 0.6 is 11.6 Å². The number of halogens is 1. The van der Waals surface area contributed by atoms with Crippen LogP contribution in [0.15, 0.2) is 24.3 Å². The number of nitrogens with zero attached hydrogens (tertiary/aromatic N) is 2. The monoisotopic (exact) mass is 264 g/mol. The lowest BCUT2D eigenvalue weighted by Gasteiger charge is -2.11. The summed E-state index contributed by atoms with van der Waals surface area (Å²) < 4.78 is 5.23. The lowest BCUT2D eigenvalue weighted by atomic mass is 10.3. The summed E-state index contributed by atoms with van der Waals surface area (Å²) in [7, 11) is 1.58. The number of aryl methyl sites for hydroxylation is 1. The molecule has 0 fully saturated rings. The minimum atomic E-state index is 0.408. The summed E-state index contributed by atoms with van der Waals surface area (Å²) in [6.45, 7) is 1.85. The lowest BCUT2D eigenvalue weighted by Crippen LogP contribution is -2.02. The van der Waals surface area contributed by atoms with Crippen LogP contribution < -0.4 is 15.8 Å². The third-order valence-corrected chi connectivity index (χ3v) is 2.52. The van der Waals surface area contributed by atoms with E-state index in [2.05, 4.69) is 15.3 Å². The van der Waals surface area contributed by atoms with Crippen LogP contribution in [0.3, 0.4) is 0 Å². The Labute approximate surface area is 110 Å². The summed E-state index contributed by atoms with van der Waals surface area (Å²) in [4.78, 5) is 8.32. The zero-order valence-electron chi connectivity index (χ0n) is 10.1. The van der Waals surface area contributed by atoms with Crippen LogP contribution in [0.1, 0.15) is 5.69 Å². The first-order chi connectivity index (χ1) is 8.58. The summed E-state index contributed by atoms with van der Waals surface area (Å²) in [6, 6.07) is 6.95. The molecule has 5 nitrogen and oxygen atoms in total. The molecular formula is C12H13ClN4O. The second-order valence-corrected chi connectivity index (χ2v) is 4.16. The van der Waals surface area contributed by atoms with E-state index in [-0.39, 0.29) is 0 Å². The van der Waals surface area contributed by atoms with E-state index in [9.17, 15) is 0 Å². The maximum absolute atomic E-state index is 5.94. The van der Waals surface area contributed by atoms with Gasteiger partial charge in [-0.3, -0.25) is 0 Å². The highest BCUT2D eigenvalue weighted by atomic mass is 35.5. The highest BCUT2D eigenvalue weighted by Crippen LogP contribution is 2.29. The molecule has 0 aliphatic carbocycles. The van der Waals surface area contributed by atoms with E-state index in [4.69, 9.17) is 22.1 Å². The van der Waals surface area contributed by atoms with E-state index < -0.39 is 0 Å². The molecule has 0 amide bonds. The molecule has 2 aromatic rings. The van der Waals surface area contributed by atoms with Crippen molar-refractivity contribution in [3.05, 3.63) is 35.0 Å². The molecule has 0 aliphatic heterocycles. The van der Waals surface area contributed by atoms with E-state index in [0.717, 1.165) is 5.69 Å². The van der Waals surface area contributed by atoms with Crippen molar-refractivity contribution in [3.8, 4) is 5.75 Å². The molecule has 6 heteroatoms. The van der Waals surface area contributed by atoms with Gasteiger partial charge in [0.2, 0.25) is 5.95 Å². The number of nitrogen functional groups attached to an aromatic ring is 1. The largest absolute Gasteiger partial charge is 0.495 e. The van der Waals surface area contributed by atoms with Gasteiger partial charge in [0.15, 0.2) is 0 Å². The quantitative estimate of drug-likeness (QED) is 0.892. The molecule has 0 saturated carbocycles. The summed E-state index contributed by atoms with van der Waals surface area (Å²) in [5.74, 6) is 1.47. The number of aromatic nitrogens is 2. The standard InChI is InChI=1S/C12H13ClN4O/c1-7-5-11(14)17-12(15-7)16-9-6-8(13)3-4-10(9)18-2/h3-6H,1-2H3,(H3,14,15,16,17). The van der Waals surface area contributed by atoms with Gasteiger partial charge in [0.25, 0.3) is 0 Å². The minimum Gasteiger partial charge on any atom is -0.495 e. The van der Waals surface area contributed by atoms with Gasteiger partial charge in [0.05, 0.1) is 12.8 Å². The molecule has 1 aromatic heterocycles. The van der Waals surface area contributed by atoms with Gasteiger partial charge in [0, 0.05) is 16.8 Å². The zero-order chi connectivity index (χ0) is 13.1. The van der Waals surface area contributed by atoms with Crippen LogP contribution in [-0.4, -0.2) is 17.1 Å². The van der Waals surface area contributed by atoms with Gasteiger partial charge in [-0.2, -0.15) is 4.98 Å². The van der Waals surface area contributed by atoms with E-state index in [1.165, 1.54) is 0 Å².